The molecule has 0 radical (unpaired) electrons. The molecule has 0 saturated heterocycles. The highest BCUT2D eigenvalue weighted by Gasteiger charge is 2.35. The van der Waals surface area contributed by atoms with Crippen LogP contribution in [0.5, 0.6) is 0 Å². The molecule has 1 N–H and O–H groups in total. The van der Waals surface area contributed by atoms with Gasteiger partial charge >= 0.3 is 0 Å². The second-order valence-corrected chi connectivity index (χ2v) is 3.10. The summed E-state index contributed by atoms with van der Waals surface area (Å²) in [4.78, 5) is 10.3. The Morgan fingerprint density at radius 1 is 1.75 bits per heavy atom. The molecule has 0 bridgehead atoms. The van der Waals surface area contributed by atoms with Crippen molar-refractivity contribution in [1.29, 1.82) is 0 Å². The van der Waals surface area contributed by atoms with Gasteiger partial charge in [-0.05, 0) is 20.3 Å². The molecule has 0 heterocycles. The first-order valence-corrected chi connectivity index (χ1v) is 4.00. The first-order chi connectivity index (χ1) is 5.52. The Morgan fingerprint density at radius 2 is 2.25 bits per heavy atom. The van der Waals surface area contributed by atoms with E-state index in [9.17, 15) is 9.90 Å². The van der Waals surface area contributed by atoms with Gasteiger partial charge in [0.1, 0.15) is 0 Å². The van der Waals surface area contributed by atoms with Gasteiger partial charge in [0, 0.05) is 7.11 Å². The summed E-state index contributed by atoms with van der Waals surface area (Å²) in [6.45, 7) is 5.49. The molecule has 0 aliphatic carbocycles. The minimum atomic E-state index is -0.615. The van der Waals surface area contributed by atoms with Crippen LogP contribution < -0.4 is 0 Å². The summed E-state index contributed by atoms with van der Waals surface area (Å²) in [6, 6.07) is 0. The summed E-state index contributed by atoms with van der Waals surface area (Å²) in [5.41, 5.74) is -0.615. The Labute approximate surface area is 73.0 Å². The topological polar surface area (TPSA) is 46.5 Å². The molecule has 70 valence electrons. The van der Waals surface area contributed by atoms with Gasteiger partial charge in [0.25, 0.3) is 0 Å². The van der Waals surface area contributed by atoms with E-state index in [4.69, 9.17) is 4.74 Å². The van der Waals surface area contributed by atoms with Crippen molar-refractivity contribution in [2.24, 2.45) is 5.41 Å². The molecular formula is C9H16O3. The molecule has 0 rings (SSSR count). The number of hydrogen-bond donors (Lipinski definition) is 1. The van der Waals surface area contributed by atoms with Crippen molar-refractivity contribution >= 4 is 5.94 Å². The van der Waals surface area contributed by atoms with Crippen molar-refractivity contribution in [3.8, 4) is 0 Å². The molecular weight excluding hydrogens is 156 g/mol. The van der Waals surface area contributed by atoms with Crippen LogP contribution in [-0.4, -0.2) is 24.3 Å². The van der Waals surface area contributed by atoms with Gasteiger partial charge in [-0.3, -0.25) is 0 Å². The largest absolute Gasteiger partial charge is 0.501 e. The maximum atomic E-state index is 10.3. The number of carbonyl (C=O) groups excluding carboxylic acids is 1. The smallest absolute Gasteiger partial charge is 0.185 e. The van der Waals surface area contributed by atoms with E-state index < -0.39 is 5.41 Å². The molecule has 2 unspecified atom stereocenters. The lowest BCUT2D eigenvalue weighted by Crippen LogP contribution is -2.33. The van der Waals surface area contributed by atoms with Crippen LogP contribution in [0.2, 0.25) is 0 Å². The van der Waals surface area contributed by atoms with Crippen molar-refractivity contribution in [2.75, 3.05) is 7.11 Å². The molecule has 0 aliphatic rings. The summed E-state index contributed by atoms with van der Waals surface area (Å²) < 4.78 is 5.07. The predicted molar refractivity (Wildman–Crippen MR) is 46.7 cm³/mol. The lowest BCUT2D eigenvalue weighted by Gasteiger charge is -2.30. The van der Waals surface area contributed by atoms with Crippen molar-refractivity contribution in [3.63, 3.8) is 0 Å². The highest BCUT2D eigenvalue weighted by atomic mass is 16.5. The third-order valence-corrected chi connectivity index (χ3v) is 2.62. The number of rotatable bonds is 4. The number of aliphatic hydroxyl groups is 1. The van der Waals surface area contributed by atoms with Crippen molar-refractivity contribution < 1.29 is 14.6 Å². The Bertz CT molecular complexity index is 194. The number of aliphatic hydroxyl groups excluding tert-OH is 1. The first kappa shape index (κ1) is 11.2. The summed E-state index contributed by atoms with van der Waals surface area (Å²) in [7, 11) is 1.55. The maximum Gasteiger partial charge on any atom is 0.185 e. The molecule has 0 aromatic heterocycles. The molecule has 0 saturated carbocycles. The molecule has 0 aromatic carbocycles. The highest BCUT2D eigenvalue weighted by Crippen LogP contribution is 2.32. The van der Waals surface area contributed by atoms with Gasteiger partial charge in [0.2, 0.25) is 0 Å². The standard InChI is InChI=1S/C9H16O3/c1-5-9(3,7(2)12-4)8(11)6-10/h7,11H,5H2,1-4H3. The molecule has 0 aliphatic heterocycles. The predicted octanol–water partition coefficient (Wildman–Crippen LogP) is 1.71. The minimum absolute atomic E-state index is 0.191. The SMILES string of the molecule is CCC(C)(C(O)=C=O)C(C)OC. The minimum Gasteiger partial charge on any atom is -0.501 e. The van der Waals surface area contributed by atoms with Crippen LogP contribution >= 0.6 is 0 Å². The Morgan fingerprint density at radius 3 is 2.50 bits per heavy atom. The fourth-order valence-electron chi connectivity index (χ4n) is 1.02. The van der Waals surface area contributed by atoms with E-state index in [-0.39, 0.29) is 11.9 Å². The molecule has 0 amide bonds. The van der Waals surface area contributed by atoms with Gasteiger partial charge in [-0.2, -0.15) is 0 Å². The fourth-order valence-corrected chi connectivity index (χ4v) is 1.02. The molecule has 3 heteroatoms. The Hall–Kier alpha value is -0.790. The van der Waals surface area contributed by atoms with Crippen molar-refractivity contribution in [2.45, 2.75) is 33.3 Å². The van der Waals surface area contributed by atoms with Crippen LogP contribution in [0.1, 0.15) is 27.2 Å². The van der Waals surface area contributed by atoms with Crippen LogP contribution in [0.25, 0.3) is 0 Å². The average molecular weight is 172 g/mol. The number of ether oxygens (including phenoxy) is 1. The van der Waals surface area contributed by atoms with Crippen LogP contribution in [0.4, 0.5) is 0 Å². The second-order valence-electron chi connectivity index (χ2n) is 3.10. The second kappa shape index (κ2) is 4.29. The zero-order valence-corrected chi connectivity index (χ0v) is 8.05. The molecule has 0 spiro atoms. The van der Waals surface area contributed by atoms with E-state index in [2.05, 4.69) is 0 Å². The van der Waals surface area contributed by atoms with Gasteiger partial charge in [-0.25, -0.2) is 4.79 Å². The highest BCUT2D eigenvalue weighted by molar-refractivity contribution is 5.51. The lowest BCUT2D eigenvalue weighted by atomic mass is 9.80. The van der Waals surface area contributed by atoms with E-state index in [0.29, 0.717) is 6.42 Å². The zero-order chi connectivity index (χ0) is 9.78. The molecule has 12 heavy (non-hydrogen) atoms. The number of hydrogen-bond acceptors (Lipinski definition) is 3. The summed E-state index contributed by atoms with van der Waals surface area (Å²) in [5, 5.41) is 9.29. The molecule has 3 nitrogen and oxygen atoms in total. The quantitative estimate of drug-likeness (QED) is 0.518. The van der Waals surface area contributed by atoms with E-state index in [1.54, 1.807) is 14.0 Å². The van der Waals surface area contributed by atoms with E-state index in [0.717, 1.165) is 0 Å². The first-order valence-electron chi connectivity index (χ1n) is 4.00. The molecule has 0 fully saturated rings. The Kier molecular flexibility index (Phi) is 4.01. The van der Waals surface area contributed by atoms with Gasteiger partial charge in [0.05, 0.1) is 11.5 Å². The average Bonchev–Trinajstić information content (AvgIpc) is 2.13. The third kappa shape index (κ3) is 1.87. The summed E-state index contributed by atoms with van der Waals surface area (Å²) in [5.74, 6) is 1.25. The van der Waals surface area contributed by atoms with Crippen molar-refractivity contribution in [3.05, 3.63) is 5.76 Å². The Balaban J connectivity index is 4.79. The fraction of sp³-hybridized carbons (Fsp3) is 0.778. The van der Waals surface area contributed by atoms with Gasteiger partial charge in [-0.1, -0.05) is 6.92 Å². The number of methoxy groups -OCH3 is 1. The van der Waals surface area contributed by atoms with Crippen LogP contribution in [-0.2, 0) is 9.53 Å². The third-order valence-electron chi connectivity index (χ3n) is 2.62. The monoisotopic (exact) mass is 172 g/mol. The van der Waals surface area contributed by atoms with Crippen molar-refractivity contribution in [1.82, 2.24) is 0 Å². The maximum absolute atomic E-state index is 10.3. The summed E-state index contributed by atoms with van der Waals surface area (Å²) >= 11 is 0. The van der Waals surface area contributed by atoms with Crippen LogP contribution in [0.3, 0.4) is 0 Å². The summed E-state index contributed by atoms with van der Waals surface area (Å²) in [6.07, 6.45) is 0.451. The van der Waals surface area contributed by atoms with Crippen LogP contribution in [0.15, 0.2) is 5.76 Å². The van der Waals surface area contributed by atoms with E-state index >= 15 is 0 Å². The molecule has 2 atom stereocenters. The van der Waals surface area contributed by atoms with E-state index in [1.165, 1.54) is 5.94 Å². The van der Waals surface area contributed by atoms with E-state index in [1.807, 2.05) is 13.8 Å². The molecule has 0 aromatic rings. The zero-order valence-electron chi connectivity index (χ0n) is 8.05. The van der Waals surface area contributed by atoms with Gasteiger partial charge < -0.3 is 9.84 Å². The lowest BCUT2D eigenvalue weighted by molar-refractivity contribution is 0.00838. The van der Waals surface area contributed by atoms with Gasteiger partial charge in [0.15, 0.2) is 11.7 Å². The van der Waals surface area contributed by atoms with Crippen LogP contribution in [0, 0.1) is 5.41 Å². The normalized spacial score (nSPS) is 17.7. The van der Waals surface area contributed by atoms with Gasteiger partial charge in [-0.15, -0.1) is 0 Å².